The maximum absolute atomic E-state index is 12.7. The highest BCUT2D eigenvalue weighted by Crippen LogP contribution is 2.55. The van der Waals surface area contributed by atoms with Gasteiger partial charge in [0.25, 0.3) is 10.0 Å². The summed E-state index contributed by atoms with van der Waals surface area (Å²) < 4.78 is 25.4. The van der Waals surface area contributed by atoms with E-state index in [0.29, 0.717) is 5.92 Å². The van der Waals surface area contributed by atoms with Crippen molar-refractivity contribution in [3.63, 3.8) is 0 Å². The Kier molecular flexibility index (Phi) is 4.59. The van der Waals surface area contributed by atoms with E-state index in [1.807, 2.05) is 19.1 Å². The van der Waals surface area contributed by atoms with Gasteiger partial charge < -0.3 is 5.11 Å². The molecule has 1 saturated carbocycles. The molecule has 1 fully saturated rings. The molecular weight excluding hydrogens is 408 g/mol. The van der Waals surface area contributed by atoms with Crippen molar-refractivity contribution < 1.29 is 13.5 Å². The summed E-state index contributed by atoms with van der Waals surface area (Å²) in [5, 5.41) is 16.5. The number of nitrogens with zero attached hydrogens (tertiary/aromatic N) is 1. The average Bonchev–Trinajstić information content (AvgIpc) is 3.08. The van der Waals surface area contributed by atoms with E-state index in [0.717, 1.165) is 42.3 Å². The molecule has 31 heavy (non-hydrogen) atoms. The molecule has 5 nitrogen and oxygen atoms in total. The molecule has 0 aliphatic heterocycles. The minimum Gasteiger partial charge on any atom is -0.508 e. The van der Waals surface area contributed by atoms with Gasteiger partial charge in [0.15, 0.2) is 0 Å². The molecule has 5 rings (SSSR count). The third-order valence-electron chi connectivity index (χ3n) is 7.15. The fourth-order valence-corrected chi connectivity index (χ4v) is 6.19. The van der Waals surface area contributed by atoms with Crippen LogP contribution in [0, 0.1) is 12.3 Å². The van der Waals surface area contributed by atoms with Crippen LogP contribution in [0.1, 0.15) is 48.8 Å². The summed E-state index contributed by atoms with van der Waals surface area (Å²) in [4.78, 5) is 2.71. The molecule has 2 aliphatic rings. The molecule has 160 valence electrons. The Morgan fingerprint density at radius 2 is 1.84 bits per heavy atom. The smallest absolute Gasteiger partial charge is 0.276 e. The number of sulfonamides is 1. The van der Waals surface area contributed by atoms with Crippen LogP contribution in [0.4, 0.5) is 0 Å². The van der Waals surface area contributed by atoms with Gasteiger partial charge in [-0.1, -0.05) is 42.8 Å². The van der Waals surface area contributed by atoms with Gasteiger partial charge in [-0.05, 0) is 84.7 Å². The molecule has 3 aromatic carbocycles. The van der Waals surface area contributed by atoms with Gasteiger partial charge in [-0.3, -0.25) is 0 Å². The first kappa shape index (κ1) is 20.1. The Morgan fingerprint density at radius 1 is 1.06 bits per heavy atom. The number of hydrogen-bond acceptors (Lipinski definition) is 4. The third-order valence-corrected chi connectivity index (χ3v) is 8.38. The Morgan fingerprint density at radius 3 is 2.61 bits per heavy atom. The van der Waals surface area contributed by atoms with E-state index in [9.17, 15) is 13.5 Å². The predicted molar refractivity (Wildman–Crippen MR) is 123 cm³/mol. The molecule has 0 amide bonds. The Labute approximate surface area is 182 Å². The van der Waals surface area contributed by atoms with Crippen LogP contribution < -0.4 is 4.83 Å². The van der Waals surface area contributed by atoms with Gasteiger partial charge >= 0.3 is 0 Å². The molecule has 0 bridgehead atoms. The molecule has 0 heterocycles. The first-order valence-corrected chi connectivity index (χ1v) is 12.2. The van der Waals surface area contributed by atoms with Crippen molar-refractivity contribution in [1.29, 1.82) is 0 Å². The van der Waals surface area contributed by atoms with Gasteiger partial charge in [0, 0.05) is 11.1 Å². The first-order valence-electron chi connectivity index (χ1n) is 10.7. The number of aryl methyl sites for hydroxylation is 2. The van der Waals surface area contributed by atoms with Crippen molar-refractivity contribution in [3.05, 3.63) is 71.3 Å². The van der Waals surface area contributed by atoms with Crippen molar-refractivity contribution in [2.24, 2.45) is 10.5 Å². The van der Waals surface area contributed by atoms with Gasteiger partial charge in [0.05, 0.1) is 4.90 Å². The van der Waals surface area contributed by atoms with Gasteiger partial charge in [-0.2, -0.15) is 13.5 Å². The zero-order valence-electron chi connectivity index (χ0n) is 17.7. The standard InChI is InChI=1S/C25H26N2O3S/c1-16-3-7-19(8-4-16)31(29,30)27-26-24-12-11-23-22-9-5-17-15-18(28)6-10-20(17)21(22)13-14-25(23,24)2/h3-10,15,23,27-28H,11-14H2,1-2H3/t23-,25-/m0/s1. The Balaban J connectivity index is 1.46. The van der Waals surface area contributed by atoms with E-state index < -0.39 is 10.0 Å². The maximum Gasteiger partial charge on any atom is 0.276 e. The quantitative estimate of drug-likeness (QED) is 0.568. The SMILES string of the molecule is Cc1ccc(S(=O)(=O)NN=C2CC[C@H]3c4ccc5cc(O)ccc5c4CC[C@]23C)cc1. The van der Waals surface area contributed by atoms with Crippen LogP contribution in [-0.4, -0.2) is 19.2 Å². The zero-order chi connectivity index (χ0) is 21.8. The lowest BCUT2D eigenvalue weighted by Gasteiger charge is -2.38. The van der Waals surface area contributed by atoms with E-state index in [1.54, 1.807) is 30.3 Å². The van der Waals surface area contributed by atoms with Crippen LogP contribution >= 0.6 is 0 Å². The first-order chi connectivity index (χ1) is 14.8. The lowest BCUT2D eigenvalue weighted by molar-refractivity contribution is 0.342. The molecule has 0 saturated heterocycles. The number of hydrazone groups is 1. The number of phenols is 1. The number of aromatic hydroxyl groups is 1. The highest BCUT2D eigenvalue weighted by atomic mass is 32.2. The van der Waals surface area contributed by atoms with Crippen LogP contribution in [-0.2, 0) is 16.4 Å². The van der Waals surface area contributed by atoms with E-state index >= 15 is 0 Å². The fraction of sp³-hybridized carbons (Fsp3) is 0.320. The van der Waals surface area contributed by atoms with Gasteiger partial charge in [-0.15, -0.1) is 0 Å². The van der Waals surface area contributed by atoms with Crippen LogP contribution in [0.5, 0.6) is 5.75 Å². The van der Waals surface area contributed by atoms with Crippen molar-refractivity contribution in [2.45, 2.75) is 50.3 Å². The van der Waals surface area contributed by atoms with Gasteiger partial charge in [-0.25, -0.2) is 4.83 Å². The van der Waals surface area contributed by atoms with Crippen LogP contribution in [0.25, 0.3) is 10.8 Å². The Hall–Kier alpha value is -2.86. The van der Waals surface area contributed by atoms with Gasteiger partial charge in [0.2, 0.25) is 0 Å². The molecule has 0 unspecified atom stereocenters. The van der Waals surface area contributed by atoms with Crippen molar-refractivity contribution in [2.75, 3.05) is 0 Å². The number of benzene rings is 3. The molecule has 0 radical (unpaired) electrons. The second-order valence-electron chi connectivity index (χ2n) is 9.01. The molecule has 0 aromatic heterocycles. The summed E-state index contributed by atoms with van der Waals surface area (Å²) in [6.07, 6.45) is 3.58. The van der Waals surface area contributed by atoms with E-state index in [1.165, 1.54) is 16.5 Å². The van der Waals surface area contributed by atoms with Gasteiger partial charge in [0.1, 0.15) is 5.75 Å². The van der Waals surface area contributed by atoms with Crippen molar-refractivity contribution in [3.8, 4) is 5.75 Å². The highest BCUT2D eigenvalue weighted by molar-refractivity contribution is 7.89. The maximum atomic E-state index is 12.7. The summed E-state index contributed by atoms with van der Waals surface area (Å²) >= 11 is 0. The normalized spacial score (nSPS) is 24.2. The number of phenolic OH excluding ortho intramolecular Hbond substituents is 1. The molecule has 0 spiro atoms. The monoisotopic (exact) mass is 434 g/mol. The lowest BCUT2D eigenvalue weighted by Crippen LogP contribution is -2.34. The summed E-state index contributed by atoms with van der Waals surface area (Å²) in [6.45, 7) is 4.14. The van der Waals surface area contributed by atoms with E-state index in [2.05, 4.69) is 29.0 Å². The molecular formula is C25H26N2O3S. The largest absolute Gasteiger partial charge is 0.508 e. The number of fused-ring (bicyclic) bond motifs is 5. The van der Waals surface area contributed by atoms with E-state index in [4.69, 9.17) is 0 Å². The van der Waals surface area contributed by atoms with Crippen molar-refractivity contribution in [1.82, 2.24) is 4.83 Å². The molecule has 2 N–H and O–H groups in total. The summed E-state index contributed by atoms with van der Waals surface area (Å²) in [5.41, 5.74) is 4.47. The predicted octanol–water partition coefficient (Wildman–Crippen LogP) is 5.02. The molecule has 3 aromatic rings. The highest BCUT2D eigenvalue weighted by Gasteiger charge is 2.48. The number of nitrogens with one attached hydrogen (secondary N) is 1. The minimum atomic E-state index is -3.68. The Bertz CT molecular complexity index is 1310. The number of rotatable bonds is 3. The van der Waals surface area contributed by atoms with E-state index in [-0.39, 0.29) is 16.1 Å². The third kappa shape index (κ3) is 3.30. The van der Waals surface area contributed by atoms with Crippen LogP contribution in [0.2, 0.25) is 0 Å². The zero-order valence-corrected chi connectivity index (χ0v) is 18.5. The van der Waals surface area contributed by atoms with Crippen LogP contribution in [0.15, 0.2) is 64.6 Å². The molecule has 2 aliphatic carbocycles. The second kappa shape index (κ2) is 7.09. The summed E-state index contributed by atoms with van der Waals surface area (Å²) in [6, 6.07) is 16.6. The second-order valence-corrected chi connectivity index (χ2v) is 10.7. The lowest BCUT2D eigenvalue weighted by atomic mass is 9.65. The molecule has 6 heteroatoms. The van der Waals surface area contributed by atoms with Crippen molar-refractivity contribution >= 4 is 26.5 Å². The number of hydrogen-bond donors (Lipinski definition) is 2. The summed E-state index contributed by atoms with van der Waals surface area (Å²) in [7, 11) is -3.68. The minimum absolute atomic E-state index is 0.159. The topological polar surface area (TPSA) is 78.8 Å². The average molecular weight is 435 g/mol. The fourth-order valence-electron chi connectivity index (χ4n) is 5.36. The molecule has 2 atom stereocenters. The summed E-state index contributed by atoms with van der Waals surface area (Å²) in [5.74, 6) is 0.598. The van der Waals surface area contributed by atoms with Crippen LogP contribution in [0.3, 0.4) is 0 Å².